The van der Waals surface area contributed by atoms with Crippen molar-refractivity contribution in [3.05, 3.63) is 34.9 Å². The van der Waals surface area contributed by atoms with Crippen LogP contribution in [0.5, 0.6) is 0 Å². The molecule has 0 bridgehead atoms. The van der Waals surface area contributed by atoms with Gasteiger partial charge in [0.25, 0.3) is 0 Å². The lowest BCUT2D eigenvalue weighted by atomic mass is 9.97. The predicted octanol–water partition coefficient (Wildman–Crippen LogP) is 2.27. The molecule has 2 nitrogen and oxygen atoms in total. The maximum atomic E-state index is 3.51. The Labute approximate surface area is 98.7 Å². The fourth-order valence-electron chi connectivity index (χ4n) is 2.35. The summed E-state index contributed by atoms with van der Waals surface area (Å²) in [6.07, 6.45) is 0. The highest BCUT2D eigenvalue weighted by molar-refractivity contribution is 5.32. The van der Waals surface area contributed by atoms with Crippen LogP contribution in [0.2, 0.25) is 0 Å². The largest absolute Gasteiger partial charge is 0.313 e. The summed E-state index contributed by atoms with van der Waals surface area (Å²) in [5.74, 6) is 0. The Hall–Kier alpha value is -0.860. The van der Waals surface area contributed by atoms with Crippen molar-refractivity contribution in [2.24, 2.45) is 0 Å². The molecule has 2 heteroatoms. The molecule has 1 fully saturated rings. The number of rotatable bonds is 1. The fraction of sp³-hybridized carbons (Fsp3) is 0.571. The summed E-state index contributed by atoms with van der Waals surface area (Å²) in [4.78, 5) is 2.47. The van der Waals surface area contributed by atoms with E-state index in [2.05, 4.69) is 56.2 Å². The van der Waals surface area contributed by atoms with Gasteiger partial charge in [0.05, 0.1) is 0 Å². The predicted molar refractivity (Wildman–Crippen MR) is 68.8 cm³/mol. The summed E-state index contributed by atoms with van der Waals surface area (Å²) in [6, 6.07) is 7.96. The van der Waals surface area contributed by atoms with E-state index < -0.39 is 0 Å². The Morgan fingerprint density at radius 2 is 1.94 bits per heavy atom. The Morgan fingerprint density at radius 3 is 2.62 bits per heavy atom. The molecule has 1 aliphatic rings. The molecular weight excluding hydrogens is 196 g/mol. The molecule has 0 saturated carbocycles. The van der Waals surface area contributed by atoms with Gasteiger partial charge < -0.3 is 5.32 Å². The van der Waals surface area contributed by atoms with Crippen LogP contribution in [0.1, 0.15) is 29.7 Å². The lowest BCUT2D eigenvalue weighted by Crippen LogP contribution is -2.49. The highest BCUT2D eigenvalue weighted by Crippen LogP contribution is 2.24. The van der Waals surface area contributed by atoms with E-state index in [1.54, 1.807) is 0 Å². The molecule has 2 rings (SSSR count). The lowest BCUT2D eigenvalue weighted by molar-refractivity contribution is 0.141. The average Bonchev–Trinajstić information content (AvgIpc) is 2.26. The molecule has 0 aliphatic carbocycles. The SMILES string of the molecule is Cc1ccc(C2CNCC(C)N2C)cc1C. The van der Waals surface area contributed by atoms with E-state index in [-0.39, 0.29) is 0 Å². The molecular formula is C14H22N2. The molecule has 1 saturated heterocycles. The Morgan fingerprint density at radius 1 is 1.19 bits per heavy atom. The van der Waals surface area contributed by atoms with E-state index in [4.69, 9.17) is 0 Å². The number of piperazine rings is 1. The zero-order chi connectivity index (χ0) is 11.7. The number of nitrogens with one attached hydrogen (secondary N) is 1. The number of hydrogen-bond donors (Lipinski definition) is 1. The van der Waals surface area contributed by atoms with Gasteiger partial charge in [-0.2, -0.15) is 0 Å². The van der Waals surface area contributed by atoms with Gasteiger partial charge in [-0.15, -0.1) is 0 Å². The maximum absolute atomic E-state index is 3.51. The summed E-state index contributed by atoms with van der Waals surface area (Å²) < 4.78 is 0. The van der Waals surface area contributed by atoms with Gasteiger partial charge in [-0.05, 0) is 44.5 Å². The molecule has 2 unspecified atom stereocenters. The van der Waals surface area contributed by atoms with Crippen LogP contribution in [0.25, 0.3) is 0 Å². The molecule has 1 aromatic rings. The highest BCUT2D eigenvalue weighted by Gasteiger charge is 2.25. The highest BCUT2D eigenvalue weighted by atomic mass is 15.2. The van der Waals surface area contributed by atoms with Crippen LogP contribution in [0.4, 0.5) is 0 Å². The van der Waals surface area contributed by atoms with Crippen molar-refractivity contribution in [3.8, 4) is 0 Å². The Balaban J connectivity index is 2.25. The summed E-state index contributed by atoms with van der Waals surface area (Å²) in [5, 5.41) is 3.51. The van der Waals surface area contributed by atoms with Crippen LogP contribution in [0, 0.1) is 13.8 Å². The molecule has 1 heterocycles. The third kappa shape index (κ3) is 2.13. The first-order valence-corrected chi connectivity index (χ1v) is 6.09. The molecule has 1 N–H and O–H groups in total. The second-order valence-electron chi connectivity index (χ2n) is 5.03. The number of hydrogen-bond acceptors (Lipinski definition) is 2. The lowest BCUT2D eigenvalue weighted by Gasteiger charge is -2.38. The minimum atomic E-state index is 0.517. The normalized spacial score (nSPS) is 27.0. The van der Waals surface area contributed by atoms with E-state index in [9.17, 15) is 0 Å². The number of aryl methyl sites for hydroxylation is 2. The number of nitrogens with zero attached hydrogens (tertiary/aromatic N) is 1. The van der Waals surface area contributed by atoms with E-state index in [0.717, 1.165) is 13.1 Å². The fourth-order valence-corrected chi connectivity index (χ4v) is 2.35. The molecule has 88 valence electrons. The minimum Gasteiger partial charge on any atom is -0.313 e. The standard InChI is InChI=1S/C14H22N2/c1-10-5-6-13(7-11(10)2)14-9-15-8-12(3)16(14)4/h5-7,12,14-15H,8-9H2,1-4H3. The van der Waals surface area contributed by atoms with E-state index >= 15 is 0 Å². The van der Waals surface area contributed by atoms with Crippen LogP contribution in [0.15, 0.2) is 18.2 Å². The zero-order valence-electron chi connectivity index (χ0n) is 10.7. The third-order valence-corrected chi connectivity index (χ3v) is 3.88. The molecule has 0 aromatic heterocycles. The van der Waals surface area contributed by atoms with E-state index in [0.29, 0.717) is 12.1 Å². The first-order chi connectivity index (χ1) is 7.59. The topological polar surface area (TPSA) is 15.3 Å². The van der Waals surface area contributed by atoms with Crippen LogP contribution in [-0.4, -0.2) is 31.1 Å². The van der Waals surface area contributed by atoms with E-state index in [1.165, 1.54) is 16.7 Å². The van der Waals surface area contributed by atoms with Crippen LogP contribution < -0.4 is 5.32 Å². The second kappa shape index (κ2) is 4.56. The molecule has 16 heavy (non-hydrogen) atoms. The molecule has 0 radical (unpaired) electrons. The first kappa shape index (κ1) is 11.6. The van der Waals surface area contributed by atoms with Gasteiger partial charge in [-0.25, -0.2) is 0 Å². The van der Waals surface area contributed by atoms with Crippen molar-refractivity contribution in [3.63, 3.8) is 0 Å². The average molecular weight is 218 g/mol. The van der Waals surface area contributed by atoms with Crippen molar-refractivity contribution in [2.75, 3.05) is 20.1 Å². The molecule has 0 spiro atoms. The van der Waals surface area contributed by atoms with Gasteiger partial charge in [0.1, 0.15) is 0 Å². The summed E-state index contributed by atoms with van der Waals surface area (Å²) in [6.45, 7) is 8.80. The smallest absolute Gasteiger partial charge is 0.0473 e. The summed E-state index contributed by atoms with van der Waals surface area (Å²) >= 11 is 0. The second-order valence-corrected chi connectivity index (χ2v) is 5.03. The van der Waals surface area contributed by atoms with E-state index in [1.807, 2.05) is 0 Å². The quantitative estimate of drug-likeness (QED) is 0.778. The maximum Gasteiger partial charge on any atom is 0.0473 e. The number of likely N-dealkylation sites (N-methyl/N-ethyl adjacent to an activating group) is 1. The van der Waals surface area contributed by atoms with Gasteiger partial charge in [-0.1, -0.05) is 18.2 Å². The summed E-state index contributed by atoms with van der Waals surface area (Å²) in [5.41, 5.74) is 4.21. The van der Waals surface area contributed by atoms with Gasteiger partial charge in [-0.3, -0.25) is 4.90 Å². The number of benzene rings is 1. The zero-order valence-corrected chi connectivity index (χ0v) is 10.7. The molecule has 0 amide bonds. The van der Waals surface area contributed by atoms with Gasteiger partial charge in [0.2, 0.25) is 0 Å². The molecule has 1 aliphatic heterocycles. The molecule has 1 aromatic carbocycles. The third-order valence-electron chi connectivity index (χ3n) is 3.88. The van der Waals surface area contributed by atoms with Gasteiger partial charge >= 0.3 is 0 Å². The van der Waals surface area contributed by atoms with Gasteiger partial charge in [0, 0.05) is 25.2 Å². The molecule has 2 atom stereocenters. The monoisotopic (exact) mass is 218 g/mol. The van der Waals surface area contributed by atoms with Crippen LogP contribution in [0.3, 0.4) is 0 Å². The van der Waals surface area contributed by atoms with Crippen molar-refractivity contribution >= 4 is 0 Å². The van der Waals surface area contributed by atoms with Crippen molar-refractivity contribution in [1.82, 2.24) is 10.2 Å². The first-order valence-electron chi connectivity index (χ1n) is 6.09. The van der Waals surface area contributed by atoms with Crippen molar-refractivity contribution in [1.29, 1.82) is 0 Å². The summed E-state index contributed by atoms with van der Waals surface area (Å²) in [7, 11) is 2.23. The Bertz CT molecular complexity index is 373. The van der Waals surface area contributed by atoms with Crippen molar-refractivity contribution in [2.45, 2.75) is 32.9 Å². The van der Waals surface area contributed by atoms with Gasteiger partial charge in [0.15, 0.2) is 0 Å². The van der Waals surface area contributed by atoms with Crippen molar-refractivity contribution < 1.29 is 0 Å². The Kier molecular flexibility index (Phi) is 3.31. The van der Waals surface area contributed by atoms with Crippen LogP contribution >= 0.6 is 0 Å². The minimum absolute atomic E-state index is 0.517. The van der Waals surface area contributed by atoms with Crippen LogP contribution in [-0.2, 0) is 0 Å².